The summed E-state index contributed by atoms with van der Waals surface area (Å²) in [5, 5.41) is 11.1. The highest BCUT2D eigenvalue weighted by Crippen LogP contribution is 2.36. The second-order valence-corrected chi connectivity index (χ2v) is 6.59. The van der Waals surface area contributed by atoms with Gasteiger partial charge in [-0.05, 0) is 48.7 Å². The molecule has 1 N–H and O–H groups in total. The van der Waals surface area contributed by atoms with Gasteiger partial charge in [0.2, 0.25) is 5.91 Å². The van der Waals surface area contributed by atoms with Crippen molar-refractivity contribution in [2.24, 2.45) is 0 Å². The highest BCUT2D eigenvalue weighted by atomic mass is 19.1. The SMILES string of the molecule is CCN(C(C)=O)c1cc(C(=O)OC)c(O)c2ncc(Cc3ccc(F)cc3)cc12. The third kappa shape index (κ3) is 4.03. The van der Waals surface area contributed by atoms with Crippen molar-refractivity contribution < 1.29 is 23.8 Å². The van der Waals surface area contributed by atoms with Crippen LogP contribution >= 0.6 is 0 Å². The van der Waals surface area contributed by atoms with Crippen molar-refractivity contribution in [3.8, 4) is 5.75 Å². The molecule has 3 aromatic rings. The molecular weight excluding hydrogens is 375 g/mol. The van der Waals surface area contributed by atoms with Crippen molar-refractivity contribution in [1.29, 1.82) is 0 Å². The molecule has 0 atom stereocenters. The molecular formula is C22H21FN2O4. The van der Waals surface area contributed by atoms with Crippen LogP contribution in [0, 0.1) is 5.82 Å². The topological polar surface area (TPSA) is 79.7 Å². The van der Waals surface area contributed by atoms with E-state index in [1.165, 1.54) is 37.1 Å². The first-order valence-corrected chi connectivity index (χ1v) is 9.11. The summed E-state index contributed by atoms with van der Waals surface area (Å²) in [4.78, 5) is 30.1. The van der Waals surface area contributed by atoms with E-state index in [4.69, 9.17) is 4.74 Å². The minimum Gasteiger partial charge on any atom is -0.505 e. The number of esters is 1. The number of phenols is 1. The number of rotatable bonds is 5. The van der Waals surface area contributed by atoms with Gasteiger partial charge in [-0.15, -0.1) is 0 Å². The fraction of sp³-hybridized carbons (Fsp3) is 0.227. The lowest BCUT2D eigenvalue weighted by molar-refractivity contribution is -0.116. The minimum absolute atomic E-state index is 0.0616. The standard InChI is InChI=1S/C22H21FN2O4/c1-4-25(13(2)26)19-11-18(22(28)29-3)21(27)20-17(19)10-15(12-24-20)9-14-5-7-16(23)8-6-14/h5-8,10-12,27H,4,9H2,1-3H3. The number of aromatic hydroxyl groups is 1. The molecule has 0 aliphatic carbocycles. The van der Waals surface area contributed by atoms with Gasteiger partial charge < -0.3 is 14.7 Å². The number of carbonyl (C=O) groups excluding carboxylic acids is 2. The first-order valence-electron chi connectivity index (χ1n) is 9.11. The van der Waals surface area contributed by atoms with Crippen LogP contribution in [0.4, 0.5) is 10.1 Å². The van der Waals surface area contributed by atoms with Crippen LogP contribution in [0.15, 0.2) is 42.6 Å². The van der Waals surface area contributed by atoms with E-state index in [0.717, 1.165) is 11.1 Å². The van der Waals surface area contributed by atoms with E-state index < -0.39 is 5.97 Å². The van der Waals surface area contributed by atoms with Crippen molar-refractivity contribution in [2.45, 2.75) is 20.3 Å². The van der Waals surface area contributed by atoms with Crippen LogP contribution in [-0.2, 0) is 16.0 Å². The molecule has 1 amide bonds. The van der Waals surface area contributed by atoms with E-state index in [1.807, 2.05) is 13.0 Å². The number of pyridine rings is 1. The largest absolute Gasteiger partial charge is 0.505 e. The Balaban J connectivity index is 2.19. The fourth-order valence-electron chi connectivity index (χ4n) is 3.29. The van der Waals surface area contributed by atoms with Gasteiger partial charge in [0.05, 0.1) is 12.8 Å². The van der Waals surface area contributed by atoms with Crippen LogP contribution in [0.2, 0.25) is 0 Å². The van der Waals surface area contributed by atoms with Crippen molar-refractivity contribution >= 4 is 28.5 Å². The Hall–Kier alpha value is -3.48. The molecule has 1 aromatic heterocycles. The van der Waals surface area contributed by atoms with Gasteiger partial charge in [-0.2, -0.15) is 0 Å². The first kappa shape index (κ1) is 20.3. The Morgan fingerprint density at radius 2 is 1.86 bits per heavy atom. The van der Waals surface area contributed by atoms with Gasteiger partial charge in [0.1, 0.15) is 16.9 Å². The van der Waals surface area contributed by atoms with E-state index in [9.17, 15) is 19.1 Å². The number of hydrogen-bond acceptors (Lipinski definition) is 5. The predicted octanol–water partition coefficient (Wildman–Crippen LogP) is 3.83. The zero-order valence-electron chi connectivity index (χ0n) is 16.4. The van der Waals surface area contributed by atoms with Gasteiger partial charge >= 0.3 is 5.97 Å². The summed E-state index contributed by atoms with van der Waals surface area (Å²) in [6, 6.07) is 9.40. The van der Waals surface area contributed by atoms with E-state index in [0.29, 0.717) is 24.0 Å². The third-order valence-electron chi connectivity index (χ3n) is 4.69. The third-order valence-corrected chi connectivity index (χ3v) is 4.69. The summed E-state index contributed by atoms with van der Waals surface area (Å²) in [5.74, 6) is -1.54. The Kier molecular flexibility index (Phi) is 5.77. The van der Waals surface area contributed by atoms with Crippen LogP contribution in [0.1, 0.15) is 35.3 Å². The van der Waals surface area contributed by atoms with Crippen LogP contribution in [-0.4, -0.2) is 35.6 Å². The van der Waals surface area contributed by atoms with E-state index in [-0.39, 0.29) is 28.6 Å². The van der Waals surface area contributed by atoms with E-state index >= 15 is 0 Å². The summed E-state index contributed by atoms with van der Waals surface area (Å²) in [7, 11) is 1.22. The number of hydrogen-bond donors (Lipinski definition) is 1. The molecule has 1 heterocycles. The van der Waals surface area contributed by atoms with E-state index in [2.05, 4.69) is 4.98 Å². The lowest BCUT2D eigenvalue weighted by atomic mass is 10.0. The zero-order valence-corrected chi connectivity index (χ0v) is 16.4. The number of phenolic OH excluding ortho intramolecular Hbond substituents is 1. The number of fused-ring (bicyclic) bond motifs is 1. The molecule has 2 aromatic carbocycles. The molecule has 3 rings (SSSR count). The fourth-order valence-corrected chi connectivity index (χ4v) is 3.29. The number of amides is 1. The van der Waals surface area contributed by atoms with Crippen molar-refractivity contribution in [3.63, 3.8) is 0 Å². The molecule has 29 heavy (non-hydrogen) atoms. The number of aromatic nitrogens is 1. The monoisotopic (exact) mass is 396 g/mol. The number of nitrogens with zero attached hydrogens (tertiary/aromatic N) is 2. The second-order valence-electron chi connectivity index (χ2n) is 6.59. The Bertz CT molecular complexity index is 1080. The maximum absolute atomic E-state index is 13.2. The molecule has 7 heteroatoms. The average Bonchev–Trinajstić information content (AvgIpc) is 2.71. The molecule has 0 radical (unpaired) electrons. The van der Waals surface area contributed by atoms with Crippen LogP contribution in [0.3, 0.4) is 0 Å². The van der Waals surface area contributed by atoms with Gasteiger partial charge in [-0.25, -0.2) is 9.18 Å². The first-order chi connectivity index (χ1) is 13.8. The zero-order chi connectivity index (χ0) is 21.1. The highest BCUT2D eigenvalue weighted by Gasteiger charge is 2.23. The summed E-state index contributed by atoms with van der Waals surface area (Å²) in [6.45, 7) is 3.61. The van der Waals surface area contributed by atoms with Gasteiger partial charge in [-0.1, -0.05) is 12.1 Å². The van der Waals surface area contributed by atoms with Crippen molar-refractivity contribution in [3.05, 3.63) is 65.1 Å². The summed E-state index contributed by atoms with van der Waals surface area (Å²) >= 11 is 0. The lowest BCUT2D eigenvalue weighted by Gasteiger charge is -2.22. The Labute approximate surface area is 167 Å². The number of ether oxygens (including phenoxy) is 1. The maximum Gasteiger partial charge on any atom is 0.341 e. The molecule has 0 fully saturated rings. The van der Waals surface area contributed by atoms with Gasteiger partial charge in [0.25, 0.3) is 0 Å². The maximum atomic E-state index is 13.2. The number of halogens is 1. The smallest absolute Gasteiger partial charge is 0.341 e. The molecule has 150 valence electrons. The highest BCUT2D eigenvalue weighted by molar-refractivity contribution is 6.09. The molecule has 0 saturated heterocycles. The Morgan fingerprint density at radius 3 is 2.45 bits per heavy atom. The summed E-state index contributed by atoms with van der Waals surface area (Å²) in [5.41, 5.74) is 2.30. The summed E-state index contributed by atoms with van der Waals surface area (Å²) in [6.07, 6.45) is 2.08. The normalized spacial score (nSPS) is 10.8. The second kappa shape index (κ2) is 8.26. The summed E-state index contributed by atoms with van der Waals surface area (Å²) < 4.78 is 17.9. The number of carbonyl (C=O) groups is 2. The number of methoxy groups -OCH3 is 1. The van der Waals surface area contributed by atoms with Gasteiger partial charge in [-0.3, -0.25) is 9.78 Å². The Morgan fingerprint density at radius 1 is 1.17 bits per heavy atom. The average molecular weight is 396 g/mol. The minimum atomic E-state index is -0.720. The van der Waals surface area contributed by atoms with Gasteiger partial charge in [0.15, 0.2) is 5.75 Å². The van der Waals surface area contributed by atoms with Gasteiger partial charge in [0, 0.05) is 25.1 Å². The molecule has 0 bridgehead atoms. The van der Waals surface area contributed by atoms with Crippen LogP contribution < -0.4 is 4.90 Å². The van der Waals surface area contributed by atoms with E-state index in [1.54, 1.807) is 18.3 Å². The molecule has 0 saturated carbocycles. The molecule has 0 aliphatic rings. The van der Waals surface area contributed by atoms with Crippen molar-refractivity contribution in [2.75, 3.05) is 18.6 Å². The molecule has 0 unspecified atom stereocenters. The van der Waals surface area contributed by atoms with Crippen LogP contribution in [0.5, 0.6) is 5.75 Å². The number of anilines is 1. The molecule has 6 nitrogen and oxygen atoms in total. The number of benzene rings is 2. The van der Waals surface area contributed by atoms with Crippen molar-refractivity contribution in [1.82, 2.24) is 4.98 Å². The predicted molar refractivity (Wildman–Crippen MR) is 108 cm³/mol. The van der Waals surface area contributed by atoms with Crippen LogP contribution in [0.25, 0.3) is 10.9 Å². The quantitative estimate of drug-likeness (QED) is 0.663. The lowest BCUT2D eigenvalue weighted by Crippen LogP contribution is -2.28. The molecule has 0 aliphatic heterocycles. The molecule has 0 spiro atoms.